The molecule has 5 atom stereocenters. The largest absolute Gasteiger partial charge is 0.493 e. The topological polar surface area (TPSA) is 147 Å². The number of amides is 1. The lowest BCUT2D eigenvalue weighted by molar-refractivity contribution is -0.144. The minimum absolute atomic E-state index is 0.119. The van der Waals surface area contributed by atoms with Crippen LogP contribution >= 0.6 is 11.6 Å². The number of rotatable bonds is 17. The molecule has 2 unspecified atom stereocenters. The molecule has 60 heavy (non-hydrogen) atoms. The standard InChI is InChI=1S/C49H58ClN3O7/c1-31(30-60-43-17-22-51-41-14-7-9-33(3)45(41)43)23-36-26-35-15-16-39(59-29-32(2)24-44(54)52-42(46(55)56)25-34-10-5-4-6-11-34)28-40(35)48(36)18-20-49(21-19-48,47(57)58)53-38-13-8-12-37(50)27-38/h4-6,8,10-13,15-17,22,27-28,31-33,36,42,53H,7,9,14,18-21,23-26,29-30H2,1-3H3,(H,52,54)(H,55,56)(H,57,58)/t31-,32?,33-,36?,42+,48?,49?/m1/s1. The van der Waals surface area contributed by atoms with Gasteiger partial charge in [0.25, 0.3) is 0 Å². The summed E-state index contributed by atoms with van der Waals surface area (Å²) in [4.78, 5) is 42.7. The van der Waals surface area contributed by atoms with Crippen molar-refractivity contribution in [2.75, 3.05) is 18.5 Å². The molecule has 1 spiro atoms. The third kappa shape index (κ3) is 9.75. The summed E-state index contributed by atoms with van der Waals surface area (Å²) in [7, 11) is 0. The second kappa shape index (κ2) is 18.7. The van der Waals surface area contributed by atoms with Crippen molar-refractivity contribution in [2.24, 2.45) is 17.8 Å². The van der Waals surface area contributed by atoms with Crippen LogP contribution in [0.4, 0.5) is 5.69 Å². The van der Waals surface area contributed by atoms with E-state index < -0.39 is 23.5 Å². The number of pyridine rings is 1. The molecular weight excluding hydrogens is 778 g/mol. The SMILES string of the molecule is CC(COc1ccc2c(c1)C1(CCC(Nc3cccc(Cl)c3)(C(=O)O)CC1)C(C[C@@H](C)COc1ccnc3c1[C@H](C)CCC3)C2)CC(=O)N[C@@H](Cc1ccccc1)C(=O)O. The number of carboxylic acids is 2. The van der Waals surface area contributed by atoms with Crippen LogP contribution in [0.25, 0.3) is 0 Å². The van der Waals surface area contributed by atoms with Gasteiger partial charge in [-0.05, 0) is 140 Å². The van der Waals surface area contributed by atoms with Crippen molar-refractivity contribution in [2.45, 2.75) is 114 Å². The van der Waals surface area contributed by atoms with Gasteiger partial charge in [0.15, 0.2) is 0 Å². The van der Waals surface area contributed by atoms with Gasteiger partial charge in [-0.3, -0.25) is 9.78 Å². The van der Waals surface area contributed by atoms with Crippen LogP contribution in [0.1, 0.15) is 106 Å². The Kier molecular flexibility index (Phi) is 13.4. The molecule has 4 aromatic rings. The molecule has 1 fully saturated rings. The van der Waals surface area contributed by atoms with Crippen LogP contribution in [0.3, 0.4) is 0 Å². The number of carbonyl (C=O) groups excluding carboxylic acids is 1. The summed E-state index contributed by atoms with van der Waals surface area (Å²) in [6.45, 7) is 7.29. The second-order valence-corrected chi connectivity index (χ2v) is 18.2. The number of nitrogens with zero attached hydrogens (tertiary/aromatic N) is 1. The zero-order valence-electron chi connectivity index (χ0n) is 34.9. The molecule has 1 heterocycles. The van der Waals surface area contributed by atoms with E-state index >= 15 is 0 Å². The minimum atomic E-state index is -1.14. The Labute approximate surface area is 358 Å². The third-order valence-electron chi connectivity index (χ3n) is 13.2. The summed E-state index contributed by atoms with van der Waals surface area (Å²) in [5.74, 6) is 0.129. The van der Waals surface area contributed by atoms with Crippen molar-refractivity contribution in [3.8, 4) is 11.5 Å². The highest BCUT2D eigenvalue weighted by molar-refractivity contribution is 6.30. The van der Waals surface area contributed by atoms with Crippen LogP contribution in [-0.4, -0.2) is 57.8 Å². The molecule has 318 valence electrons. The van der Waals surface area contributed by atoms with E-state index in [9.17, 15) is 24.6 Å². The quantitative estimate of drug-likeness (QED) is 0.0817. The highest BCUT2D eigenvalue weighted by atomic mass is 35.5. The molecule has 4 N–H and O–H groups in total. The van der Waals surface area contributed by atoms with E-state index in [0.717, 1.165) is 49.1 Å². The molecule has 0 bridgehead atoms. The zero-order chi connectivity index (χ0) is 42.4. The van der Waals surface area contributed by atoms with Crippen LogP contribution in [0.2, 0.25) is 5.02 Å². The monoisotopic (exact) mass is 835 g/mol. The van der Waals surface area contributed by atoms with Gasteiger partial charge < -0.3 is 30.3 Å². The van der Waals surface area contributed by atoms with Crippen LogP contribution in [0.15, 0.2) is 85.1 Å². The maximum Gasteiger partial charge on any atom is 0.329 e. The Morgan fingerprint density at radius 2 is 1.68 bits per heavy atom. The summed E-state index contributed by atoms with van der Waals surface area (Å²) < 4.78 is 12.9. The molecule has 3 aliphatic rings. The molecule has 1 amide bonds. The third-order valence-corrected chi connectivity index (χ3v) is 13.5. The van der Waals surface area contributed by atoms with Gasteiger partial charge in [0, 0.05) is 41.0 Å². The van der Waals surface area contributed by atoms with Crippen LogP contribution in [0, 0.1) is 17.8 Å². The van der Waals surface area contributed by atoms with E-state index in [4.69, 9.17) is 21.1 Å². The van der Waals surface area contributed by atoms with E-state index in [1.807, 2.05) is 67.7 Å². The predicted molar refractivity (Wildman–Crippen MR) is 233 cm³/mol. The molecule has 3 aromatic carbocycles. The first kappa shape index (κ1) is 43.0. The summed E-state index contributed by atoms with van der Waals surface area (Å²) >= 11 is 6.31. The van der Waals surface area contributed by atoms with Crippen molar-refractivity contribution < 1.29 is 34.1 Å². The maximum absolute atomic E-state index is 13.1. The summed E-state index contributed by atoms with van der Waals surface area (Å²) in [5, 5.41) is 27.1. The fraction of sp³-hybridized carbons (Fsp3) is 0.469. The number of carboxylic acid groups (broad SMARTS) is 2. The lowest BCUT2D eigenvalue weighted by atomic mass is 9.59. The fourth-order valence-corrected chi connectivity index (χ4v) is 10.3. The van der Waals surface area contributed by atoms with Crippen molar-refractivity contribution in [1.29, 1.82) is 0 Å². The first-order valence-corrected chi connectivity index (χ1v) is 21.9. The van der Waals surface area contributed by atoms with Gasteiger partial charge >= 0.3 is 11.9 Å². The second-order valence-electron chi connectivity index (χ2n) is 17.8. The zero-order valence-corrected chi connectivity index (χ0v) is 35.7. The number of aromatic nitrogens is 1. The smallest absolute Gasteiger partial charge is 0.329 e. The van der Waals surface area contributed by atoms with Gasteiger partial charge in [0.05, 0.1) is 13.2 Å². The van der Waals surface area contributed by atoms with E-state index in [1.54, 1.807) is 12.1 Å². The number of carbonyl (C=O) groups is 3. The van der Waals surface area contributed by atoms with Crippen molar-refractivity contribution in [3.63, 3.8) is 0 Å². The number of benzene rings is 3. The van der Waals surface area contributed by atoms with Gasteiger partial charge in [0.1, 0.15) is 23.1 Å². The van der Waals surface area contributed by atoms with E-state index in [0.29, 0.717) is 54.7 Å². The van der Waals surface area contributed by atoms with Crippen LogP contribution in [-0.2, 0) is 39.1 Å². The molecule has 11 heteroatoms. The fourth-order valence-electron chi connectivity index (χ4n) is 10.1. The molecule has 3 aliphatic carbocycles. The number of hydrogen-bond acceptors (Lipinski definition) is 7. The molecule has 10 nitrogen and oxygen atoms in total. The maximum atomic E-state index is 13.1. The van der Waals surface area contributed by atoms with Crippen molar-refractivity contribution in [1.82, 2.24) is 10.3 Å². The Morgan fingerprint density at radius 3 is 2.42 bits per heavy atom. The van der Waals surface area contributed by atoms with E-state index in [2.05, 4.69) is 41.6 Å². The molecule has 0 saturated heterocycles. The molecule has 0 aliphatic heterocycles. The van der Waals surface area contributed by atoms with Crippen LogP contribution in [0.5, 0.6) is 11.5 Å². The number of aliphatic carboxylic acids is 2. The Bertz CT molecular complexity index is 2150. The number of halogens is 1. The summed E-state index contributed by atoms with van der Waals surface area (Å²) in [6, 6.07) is 23.8. The number of fused-ring (bicyclic) bond motifs is 3. The predicted octanol–water partition coefficient (Wildman–Crippen LogP) is 9.42. The van der Waals surface area contributed by atoms with Gasteiger partial charge in [-0.15, -0.1) is 0 Å². The van der Waals surface area contributed by atoms with Crippen molar-refractivity contribution >= 4 is 35.1 Å². The molecule has 1 aromatic heterocycles. The van der Waals surface area contributed by atoms with Crippen molar-refractivity contribution in [3.05, 3.63) is 118 Å². The Balaban J connectivity index is 1.06. The number of nitrogens with one attached hydrogen (secondary N) is 2. The first-order valence-electron chi connectivity index (χ1n) is 21.5. The molecule has 0 radical (unpaired) electrons. The molecular formula is C49H58ClN3O7. The van der Waals surface area contributed by atoms with Crippen LogP contribution < -0.4 is 20.1 Å². The van der Waals surface area contributed by atoms with E-state index in [1.165, 1.54) is 16.7 Å². The van der Waals surface area contributed by atoms with Gasteiger partial charge in [-0.1, -0.05) is 74.8 Å². The summed E-state index contributed by atoms with van der Waals surface area (Å²) in [5.41, 5.74) is 5.00. The summed E-state index contributed by atoms with van der Waals surface area (Å²) in [6.07, 6.45) is 9.51. The van der Waals surface area contributed by atoms with Gasteiger partial charge in [-0.2, -0.15) is 0 Å². The number of hydrogen-bond donors (Lipinski definition) is 4. The van der Waals surface area contributed by atoms with Gasteiger partial charge in [0.2, 0.25) is 5.91 Å². The highest BCUT2D eigenvalue weighted by Crippen LogP contribution is 2.57. The minimum Gasteiger partial charge on any atom is -0.493 e. The lowest BCUT2D eigenvalue weighted by Crippen LogP contribution is -2.53. The van der Waals surface area contributed by atoms with Gasteiger partial charge in [-0.25, -0.2) is 9.59 Å². The number of aryl methyl sites for hydroxylation is 1. The Morgan fingerprint density at radius 1 is 0.917 bits per heavy atom. The number of anilines is 1. The molecule has 1 saturated carbocycles. The normalized spacial score (nSPS) is 23.4. The Hall–Kier alpha value is -5.09. The number of ether oxygens (including phenoxy) is 2. The van der Waals surface area contributed by atoms with E-state index in [-0.39, 0.29) is 48.5 Å². The molecule has 7 rings (SSSR count). The average Bonchev–Trinajstić information content (AvgIpc) is 3.51. The lowest BCUT2D eigenvalue weighted by Gasteiger charge is -2.47. The average molecular weight is 836 g/mol. The highest BCUT2D eigenvalue weighted by Gasteiger charge is 2.54. The first-order chi connectivity index (χ1) is 28.8.